The molecule has 1 saturated heterocycles. The maximum Gasteiger partial charge on any atom is 0.239 e. The first-order valence-corrected chi connectivity index (χ1v) is 12.9. The number of aryl methyl sites for hydroxylation is 1. The zero-order valence-corrected chi connectivity index (χ0v) is 21.2. The van der Waals surface area contributed by atoms with E-state index in [0.29, 0.717) is 48.9 Å². The third-order valence-electron chi connectivity index (χ3n) is 6.81. The van der Waals surface area contributed by atoms with E-state index in [1.165, 1.54) is 12.4 Å². The van der Waals surface area contributed by atoms with Crippen LogP contribution in [-0.2, 0) is 11.3 Å². The fourth-order valence-electron chi connectivity index (χ4n) is 4.59. The molecular weight excluding hydrogens is 491 g/mol. The molecule has 9 nitrogen and oxygen atoms in total. The summed E-state index contributed by atoms with van der Waals surface area (Å²) in [5.41, 5.74) is 2.52. The van der Waals surface area contributed by atoms with Crippen LogP contribution in [-0.4, -0.2) is 68.3 Å². The number of nitrogens with one attached hydrogen (secondary N) is 1. The number of halogens is 1. The van der Waals surface area contributed by atoms with Crippen LogP contribution >= 0.6 is 11.3 Å². The van der Waals surface area contributed by atoms with Crippen LogP contribution in [0, 0.1) is 12.7 Å². The monoisotopic (exact) mass is 516 g/mol. The van der Waals surface area contributed by atoms with Crippen molar-refractivity contribution in [3.05, 3.63) is 71.5 Å². The van der Waals surface area contributed by atoms with Gasteiger partial charge in [0.25, 0.3) is 0 Å². The highest BCUT2D eigenvalue weighted by Gasteiger charge is 2.31. The Morgan fingerprint density at radius 1 is 1.19 bits per heavy atom. The van der Waals surface area contributed by atoms with Crippen molar-refractivity contribution in [1.82, 2.24) is 34.9 Å². The van der Waals surface area contributed by atoms with Crippen LogP contribution in [0.4, 0.5) is 10.2 Å². The van der Waals surface area contributed by atoms with Gasteiger partial charge in [0.05, 0.1) is 28.0 Å². The van der Waals surface area contributed by atoms with Crippen molar-refractivity contribution in [1.29, 1.82) is 0 Å². The van der Waals surface area contributed by atoms with Crippen LogP contribution < -0.4 is 10.2 Å². The zero-order valence-electron chi connectivity index (χ0n) is 20.4. The number of anilines is 1. The second-order valence-electron chi connectivity index (χ2n) is 9.24. The molecule has 188 valence electrons. The number of likely N-dealkylation sites (N-methyl/N-ethyl adjacent to an activating group) is 1. The summed E-state index contributed by atoms with van der Waals surface area (Å²) in [4.78, 5) is 30.7. The number of thiophene rings is 1. The molecule has 6 rings (SSSR count). The van der Waals surface area contributed by atoms with Crippen LogP contribution in [0.25, 0.3) is 26.8 Å². The van der Waals surface area contributed by atoms with Gasteiger partial charge in [0, 0.05) is 32.0 Å². The minimum Gasteiger partial charge on any atom is -0.353 e. The van der Waals surface area contributed by atoms with Gasteiger partial charge in [0.2, 0.25) is 5.91 Å². The lowest BCUT2D eigenvalue weighted by Crippen LogP contribution is -2.57. The molecule has 37 heavy (non-hydrogen) atoms. The van der Waals surface area contributed by atoms with Crippen molar-refractivity contribution in [3.8, 4) is 5.69 Å². The van der Waals surface area contributed by atoms with Gasteiger partial charge in [-0.1, -0.05) is 6.07 Å². The Hall–Kier alpha value is -3.96. The van der Waals surface area contributed by atoms with Gasteiger partial charge in [-0.15, -0.1) is 16.4 Å². The molecule has 1 amide bonds. The number of amides is 1. The quantitative estimate of drug-likeness (QED) is 0.383. The number of carbonyl (C=O) groups is 1. The average molecular weight is 517 g/mol. The Kier molecular flexibility index (Phi) is 6.01. The number of pyridine rings is 1. The first kappa shape index (κ1) is 23.4. The van der Waals surface area contributed by atoms with E-state index in [-0.39, 0.29) is 17.8 Å². The topological polar surface area (TPSA) is 92.1 Å². The molecule has 5 aromatic rings. The number of hydrogen-bond donors (Lipinski definition) is 1. The number of nitrogens with zero attached hydrogens (tertiary/aromatic N) is 7. The normalized spacial score (nSPS) is 16.5. The van der Waals surface area contributed by atoms with E-state index in [0.717, 1.165) is 21.2 Å². The molecule has 1 aliphatic heterocycles. The van der Waals surface area contributed by atoms with Crippen molar-refractivity contribution in [3.63, 3.8) is 0 Å². The zero-order chi connectivity index (χ0) is 25.5. The van der Waals surface area contributed by atoms with Gasteiger partial charge >= 0.3 is 0 Å². The molecule has 0 unspecified atom stereocenters. The molecule has 0 spiro atoms. The van der Waals surface area contributed by atoms with Crippen LogP contribution in [0.3, 0.4) is 0 Å². The van der Waals surface area contributed by atoms with Crippen molar-refractivity contribution >= 4 is 44.2 Å². The molecule has 1 aliphatic rings. The van der Waals surface area contributed by atoms with Gasteiger partial charge < -0.3 is 10.2 Å². The Labute approximate surface area is 216 Å². The number of fused-ring (bicyclic) bond motifs is 2. The molecule has 1 aromatic carbocycles. The van der Waals surface area contributed by atoms with E-state index < -0.39 is 0 Å². The van der Waals surface area contributed by atoms with Gasteiger partial charge in [-0.05, 0) is 54.6 Å². The number of aromatic nitrogens is 5. The predicted octanol–water partition coefficient (Wildman–Crippen LogP) is 3.31. The van der Waals surface area contributed by atoms with Crippen LogP contribution in [0.5, 0.6) is 0 Å². The Morgan fingerprint density at radius 3 is 2.95 bits per heavy atom. The summed E-state index contributed by atoms with van der Waals surface area (Å²) >= 11 is 1.65. The summed E-state index contributed by atoms with van der Waals surface area (Å²) in [6.07, 6.45) is 5.14. The van der Waals surface area contributed by atoms with E-state index in [9.17, 15) is 9.18 Å². The lowest BCUT2D eigenvalue weighted by Gasteiger charge is -2.39. The third kappa shape index (κ3) is 4.51. The number of piperazine rings is 1. The standard InChI is InChI=1S/C26H25FN8OS/c1-16-3-4-19(10-21(16)27)35-13-20-24(32-35)30-15-31-25(20)34-7-6-33(2)22(14-34)26(36)29-11-18-9-17-5-8-37-23(17)12-28-18/h3-5,8-10,12-13,15,22H,6-7,11,14H2,1-2H3,(H,29,36)/t22-/m0/s1. The summed E-state index contributed by atoms with van der Waals surface area (Å²) < 4.78 is 16.9. The van der Waals surface area contributed by atoms with E-state index in [2.05, 4.69) is 41.2 Å². The van der Waals surface area contributed by atoms with Crippen molar-refractivity contribution in [2.45, 2.75) is 19.5 Å². The van der Waals surface area contributed by atoms with Gasteiger partial charge in [-0.2, -0.15) is 0 Å². The molecule has 11 heteroatoms. The number of carbonyl (C=O) groups excluding carboxylic acids is 1. The maximum atomic E-state index is 14.1. The second kappa shape index (κ2) is 9.49. The summed E-state index contributed by atoms with van der Waals surface area (Å²) in [6, 6.07) is 8.71. The minimum absolute atomic E-state index is 0.0597. The highest BCUT2D eigenvalue weighted by Crippen LogP contribution is 2.26. The van der Waals surface area contributed by atoms with Crippen molar-refractivity contribution in [2.24, 2.45) is 0 Å². The molecule has 1 fully saturated rings. The number of hydrogen-bond acceptors (Lipinski definition) is 8. The first-order chi connectivity index (χ1) is 18.0. The summed E-state index contributed by atoms with van der Waals surface area (Å²) in [5, 5.41) is 11.5. The second-order valence-corrected chi connectivity index (χ2v) is 10.2. The molecule has 0 bridgehead atoms. The van der Waals surface area contributed by atoms with Crippen LogP contribution in [0.1, 0.15) is 11.3 Å². The Balaban J connectivity index is 1.21. The van der Waals surface area contributed by atoms with E-state index in [1.807, 2.05) is 37.0 Å². The molecule has 4 aromatic heterocycles. The lowest BCUT2D eigenvalue weighted by atomic mass is 10.1. The average Bonchev–Trinajstić information content (AvgIpc) is 3.56. The van der Waals surface area contributed by atoms with Crippen molar-refractivity contribution in [2.75, 3.05) is 31.6 Å². The van der Waals surface area contributed by atoms with Gasteiger partial charge in [-0.3, -0.25) is 14.7 Å². The molecule has 1 N–H and O–H groups in total. The highest BCUT2D eigenvalue weighted by atomic mass is 32.1. The molecule has 0 saturated carbocycles. The Bertz CT molecular complexity index is 1620. The number of benzene rings is 1. The number of rotatable bonds is 5. The fourth-order valence-corrected chi connectivity index (χ4v) is 5.33. The lowest BCUT2D eigenvalue weighted by molar-refractivity contribution is -0.126. The summed E-state index contributed by atoms with van der Waals surface area (Å²) in [6.45, 7) is 3.95. The third-order valence-corrected chi connectivity index (χ3v) is 7.67. The van der Waals surface area contributed by atoms with E-state index in [4.69, 9.17) is 0 Å². The first-order valence-electron chi connectivity index (χ1n) is 12.0. The molecule has 1 atom stereocenters. The fraction of sp³-hybridized carbons (Fsp3) is 0.269. The molecule has 0 aliphatic carbocycles. The predicted molar refractivity (Wildman–Crippen MR) is 141 cm³/mol. The minimum atomic E-state index is -0.357. The van der Waals surface area contributed by atoms with E-state index in [1.54, 1.807) is 29.0 Å². The van der Waals surface area contributed by atoms with Gasteiger partial charge in [-0.25, -0.2) is 19.0 Å². The molecule has 0 radical (unpaired) electrons. The molecular formula is C26H25FN8OS. The SMILES string of the molecule is Cc1ccc(-n2cc3c(N4CCN(C)[C@H](C(=O)NCc5cc6ccsc6cn5)C4)ncnc3n2)cc1F. The molecule has 5 heterocycles. The van der Waals surface area contributed by atoms with Gasteiger partial charge in [0.1, 0.15) is 24.0 Å². The maximum absolute atomic E-state index is 14.1. The van der Waals surface area contributed by atoms with Crippen LogP contribution in [0.15, 0.2) is 54.4 Å². The summed E-state index contributed by atoms with van der Waals surface area (Å²) in [5.74, 6) is 0.358. The van der Waals surface area contributed by atoms with Crippen molar-refractivity contribution < 1.29 is 9.18 Å². The van der Waals surface area contributed by atoms with Gasteiger partial charge in [0.15, 0.2) is 5.65 Å². The van der Waals surface area contributed by atoms with E-state index >= 15 is 0 Å². The van der Waals surface area contributed by atoms with Crippen LogP contribution in [0.2, 0.25) is 0 Å². The summed E-state index contributed by atoms with van der Waals surface area (Å²) in [7, 11) is 1.96. The smallest absolute Gasteiger partial charge is 0.239 e. The largest absolute Gasteiger partial charge is 0.353 e. The highest BCUT2D eigenvalue weighted by molar-refractivity contribution is 7.17. The Morgan fingerprint density at radius 2 is 2.08 bits per heavy atom.